The maximum atomic E-state index is 12.6. The van der Waals surface area contributed by atoms with Crippen LogP contribution in [0.4, 0.5) is 0 Å². The summed E-state index contributed by atoms with van der Waals surface area (Å²) in [5.74, 6) is 0. The second kappa shape index (κ2) is 7.12. The van der Waals surface area contributed by atoms with E-state index in [1.807, 2.05) is 33.9 Å². The van der Waals surface area contributed by atoms with Gasteiger partial charge in [-0.05, 0) is 33.7 Å². The van der Waals surface area contributed by atoms with E-state index in [1.165, 1.54) is 4.57 Å². The first-order valence-corrected chi connectivity index (χ1v) is 13.5. The van der Waals surface area contributed by atoms with Crippen molar-refractivity contribution in [2.75, 3.05) is 6.61 Å². The molecular formula is C19H32BN3O4Si. The highest BCUT2D eigenvalue weighted by atomic mass is 28.3. The van der Waals surface area contributed by atoms with Crippen molar-refractivity contribution in [3.05, 3.63) is 22.7 Å². The molecule has 0 amide bonds. The van der Waals surface area contributed by atoms with Crippen LogP contribution in [0.1, 0.15) is 27.7 Å². The van der Waals surface area contributed by atoms with Gasteiger partial charge in [0.25, 0.3) is 5.56 Å². The van der Waals surface area contributed by atoms with Crippen molar-refractivity contribution in [1.29, 1.82) is 0 Å². The lowest BCUT2D eigenvalue weighted by atomic mass is 9.78. The van der Waals surface area contributed by atoms with Gasteiger partial charge in [0.05, 0.1) is 11.2 Å². The van der Waals surface area contributed by atoms with E-state index in [2.05, 4.69) is 24.7 Å². The van der Waals surface area contributed by atoms with Crippen molar-refractivity contribution in [3.8, 4) is 0 Å². The third-order valence-electron chi connectivity index (χ3n) is 5.66. The molecule has 28 heavy (non-hydrogen) atoms. The highest BCUT2D eigenvalue weighted by Crippen LogP contribution is 2.36. The highest BCUT2D eigenvalue weighted by molar-refractivity contribution is 6.76. The van der Waals surface area contributed by atoms with Crippen LogP contribution in [-0.2, 0) is 27.8 Å². The van der Waals surface area contributed by atoms with E-state index in [4.69, 9.17) is 14.0 Å². The SMILES string of the molecule is Cn1cc(B2OC(C)(C)C(C)(C)O2)c2cn(COCC[Si](C)(C)C)nc2c1=O. The van der Waals surface area contributed by atoms with Gasteiger partial charge < -0.3 is 18.6 Å². The average Bonchev–Trinajstić information content (AvgIpc) is 3.05. The minimum absolute atomic E-state index is 0.142. The minimum Gasteiger partial charge on any atom is -0.399 e. The summed E-state index contributed by atoms with van der Waals surface area (Å²) in [4.78, 5) is 12.6. The number of aromatic nitrogens is 3. The molecule has 1 aliphatic heterocycles. The third kappa shape index (κ3) is 4.12. The first kappa shape index (κ1) is 21.3. The van der Waals surface area contributed by atoms with Crippen molar-refractivity contribution in [2.24, 2.45) is 7.05 Å². The molecule has 2 aromatic rings. The molecule has 0 bridgehead atoms. The second-order valence-electron chi connectivity index (χ2n) is 9.87. The van der Waals surface area contributed by atoms with E-state index < -0.39 is 26.4 Å². The van der Waals surface area contributed by atoms with E-state index in [0.717, 1.165) is 16.9 Å². The molecule has 0 unspecified atom stereocenters. The van der Waals surface area contributed by atoms with Gasteiger partial charge in [-0.3, -0.25) is 4.79 Å². The molecular weight excluding hydrogens is 373 g/mol. The molecule has 0 N–H and O–H groups in total. The van der Waals surface area contributed by atoms with Crippen molar-refractivity contribution in [3.63, 3.8) is 0 Å². The number of nitrogens with zero attached hydrogens (tertiary/aromatic N) is 3. The lowest BCUT2D eigenvalue weighted by Gasteiger charge is -2.32. The normalized spacial score (nSPS) is 18.9. The lowest BCUT2D eigenvalue weighted by molar-refractivity contribution is 0.00578. The zero-order valence-corrected chi connectivity index (χ0v) is 19.3. The van der Waals surface area contributed by atoms with Crippen molar-refractivity contribution < 1.29 is 14.0 Å². The van der Waals surface area contributed by atoms with E-state index in [1.54, 1.807) is 17.9 Å². The predicted octanol–water partition coefficient (Wildman–Crippen LogP) is 2.35. The Bertz CT molecular complexity index is 914. The Morgan fingerprint density at radius 2 is 1.75 bits per heavy atom. The summed E-state index contributed by atoms with van der Waals surface area (Å²) >= 11 is 0. The summed E-state index contributed by atoms with van der Waals surface area (Å²) in [5.41, 5.74) is 0.173. The van der Waals surface area contributed by atoms with Gasteiger partial charge in [0, 0.05) is 45.0 Å². The van der Waals surface area contributed by atoms with Gasteiger partial charge in [0.15, 0.2) is 5.52 Å². The van der Waals surface area contributed by atoms with Gasteiger partial charge in [0.2, 0.25) is 0 Å². The van der Waals surface area contributed by atoms with Gasteiger partial charge in [-0.15, -0.1) is 0 Å². The molecule has 9 heteroatoms. The lowest BCUT2D eigenvalue weighted by Crippen LogP contribution is -2.41. The van der Waals surface area contributed by atoms with Crippen LogP contribution in [-0.4, -0.2) is 47.3 Å². The maximum Gasteiger partial charge on any atom is 0.497 e. The Morgan fingerprint density at radius 1 is 1.14 bits per heavy atom. The van der Waals surface area contributed by atoms with Crippen molar-refractivity contribution in [1.82, 2.24) is 14.3 Å². The van der Waals surface area contributed by atoms with Gasteiger partial charge in [0.1, 0.15) is 6.73 Å². The number of hydrogen-bond acceptors (Lipinski definition) is 5. The van der Waals surface area contributed by atoms with Crippen LogP contribution in [0, 0.1) is 0 Å². The molecule has 0 saturated carbocycles. The molecule has 154 valence electrons. The van der Waals surface area contributed by atoms with Gasteiger partial charge >= 0.3 is 7.12 Å². The van der Waals surface area contributed by atoms with Crippen LogP contribution in [0.3, 0.4) is 0 Å². The largest absolute Gasteiger partial charge is 0.497 e. The summed E-state index contributed by atoms with van der Waals surface area (Å²) in [6.07, 6.45) is 3.64. The summed E-state index contributed by atoms with van der Waals surface area (Å²) < 4.78 is 21.4. The summed E-state index contributed by atoms with van der Waals surface area (Å²) in [7, 11) is 0.0322. The molecule has 0 aromatic carbocycles. The molecule has 3 rings (SSSR count). The Labute approximate surface area is 168 Å². The van der Waals surface area contributed by atoms with Gasteiger partial charge in [-0.1, -0.05) is 19.6 Å². The van der Waals surface area contributed by atoms with E-state index in [0.29, 0.717) is 18.9 Å². The number of pyridine rings is 1. The van der Waals surface area contributed by atoms with E-state index in [-0.39, 0.29) is 5.56 Å². The van der Waals surface area contributed by atoms with Crippen LogP contribution < -0.4 is 11.0 Å². The summed E-state index contributed by atoms with van der Waals surface area (Å²) in [5, 5.41) is 5.22. The summed E-state index contributed by atoms with van der Waals surface area (Å²) in [6.45, 7) is 16.0. The molecule has 0 radical (unpaired) electrons. The van der Waals surface area contributed by atoms with Crippen molar-refractivity contribution in [2.45, 2.75) is 71.3 Å². The maximum absolute atomic E-state index is 12.6. The molecule has 1 aliphatic rings. The third-order valence-corrected chi connectivity index (χ3v) is 7.36. The number of rotatable bonds is 6. The Morgan fingerprint density at radius 3 is 2.32 bits per heavy atom. The zero-order chi connectivity index (χ0) is 20.9. The number of aryl methyl sites for hydroxylation is 1. The molecule has 1 saturated heterocycles. The average molecular weight is 405 g/mol. The Hall–Kier alpha value is -1.42. The standard InChI is InChI=1S/C19H32BN3O4Si/c1-18(2)19(3,4)27-20(26-18)15-12-22(5)17(24)16-14(15)11-23(21-16)13-25-9-10-28(6,7)8/h11-12H,9-10,13H2,1-8H3. The van der Waals surface area contributed by atoms with Gasteiger partial charge in [-0.2, -0.15) is 5.10 Å². The first-order valence-electron chi connectivity index (χ1n) is 9.81. The number of ether oxygens (including phenoxy) is 1. The van der Waals surface area contributed by atoms with Crippen LogP contribution in [0.2, 0.25) is 25.7 Å². The van der Waals surface area contributed by atoms with Crippen LogP contribution in [0.25, 0.3) is 10.9 Å². The second-order valence-corrected chi connectivity index (χ2v) is 15.5. The molecule has 2 aromatic heterocycles. The van der Waals surface area contributed by atoms with Crippen LogP contribution >= 0.6 is 0 Å². The fourth-order valence-electron chi connectivity index (χ4n) is 3.05. The molecule has 1 fully saturated rings. The Kier molecular flexibility index (Phi) is 5.42. The number of fused-ring (bicyclic) bond motifs is 1. The Balaban J connectivity index is 1.89. The van der Waals surface area contributed by atoms with Crippen molar-refractivity contribution >= 4 is 31.6 Å². The fourth-order valence-corrected chi connectivity index (χ4v) is 3.81. The molecule has 7 nitrogen and oxygen atoms in total. The monoisotopic (exact) mass is 405 g/mol. The smallest absolute Gasteiger partial charge is 0.399 e. The van der Waals surface area contributed by atoms with Crippen LogP contribution in [0.5, 0.6) is 0 Å². The number of hydrogen-bond donors (Lipinski definition) is 0. The predicted molar refractivity (Wildman–Crippen MR) is 115 cm³/mol. The minimum atomic E-state index is -1.14. The molecule has 0 aliphatic carbocycles. The van der Waals surface area contributed by atoms with E-state index in [9.17, 15) is 4.79 Å². The fraction of sp³-hybridized carbons (Fsp3) is 0.684. The first-order chi connectivity index (χ1) is 12.8. The quantitative estimate of drug-likeness (QED) is 0.545. The molecule has 3 heterocycles. The topological polar surface area (TPSA) is 67.5 Å². The van der Waals surface area contributed by atoms with Gasteiger partial charge in [-0.25, -0.2) is 4.68 Å². The molecule has 0 spiro atoms. The van der Waals surface area contributed by atoms with E-state index >= 15 is 0 Å². The molecule has 0 atom stereocenters. The summed E-state index contributed by atoms with van der Waals surface area (Å²) in [6, 6.07) is 1.09. The van der Waals surface area contributed by atoms with Crippen LogP contribution in [0.15, 0.2) is 17.2 Å². The highest BCUT2D eigenvalue weighted by Gasteiger charge is 2.52. The zero-order valence-electron chi connectivity index (χ0n) is 18.3.